The molecule has 2 aromatic heterocycles. The van der Waals surface area contributed by atoms with Gasteiger partial charge in [-0.15, -0.1) is 10.2 Å². The number of hydrogen-bond donors (Lipinski definition) is 1. The van der Waals surface area contributed by atoms with Crippen LogP contribution in [-0.4, -0.2) is 38.5 Å². The molecule has 0 spiro atoms. The van der Waals surface area contributed by atoms with E-state index in [-0.39, 0.29) is 17.2 Å². The minimum absolute atomic E-state index is 0.114. The van der Waals surface area contributed by atoms with Crippen molar-refractivity contribution in [1.29, 1.82) is 0 Å². The number of ether oxygens (including phenoxy) is 1. The summed E-state index contributed by atoms with van der Waals surface area (Å²) in [5.74, 6) is -1.11. The Morgan fingerprint density at radius 3 is 2.74 bits per heavy atom. The Balaban J connectivity index is 1.80. The van der Waals surface area contributed by atoms with E-state index in [0.717, 1.165) is 24.4 Å². The molecule has 1 aliphatic rings. The van der Waals surface area contributed by atoms with Gasteiger partial charge < -0.3 is 10.1 Å². The van der Waals surface area contributed by atoms with Crippen molar-refractivity contribution in [2.75, 3.05) is 13.1 Å². The summed E-state index contributed by atoms with van der Waals surface area (Å²) in [7, 11) is 0. The molecule has 19 heavy (non-hydrogen) atoms. The Hall–Kier alpha value is -1.26. The number of halogens is 3. The number of alkyl halides is 3. The molecular weight excluding hydrogens is 283 g/mol. The molecule has 6 nitrogen and oxygen atoms in total. The fourth-order valence-electron chi connectivity index (χ4n) is 1.71. The van der Waals surface area contributed by atoms with Gasteiger partial charge in [0.05, 0.1) is 5.60 Å². The van der Waals surface area contributed by atoms with Gasteiger partial charge >= 0.3 is 6.18 Å². The molecule has 0 bridgehead atoms. The van der Waals surface area contributed by atoms with Gasteiger partial charge in [-0.1, -0.05) is 11.3 Å². The van der Waals surface area contributed by atoms with Crippen LogP contribution < -0.4 is 5.32 Å². The zero-order valence-corrected chi connectivity index (χ0v) is 10.7. The Bertz CT molecular complexity index is 603. The van der Waals surface area contributed by atoms with E-state index in [1.807, 2.05) is 6.92 Å². The molecule has 0 atom stereocenters. The van der Waals surface area contributed by atoms with E-state index in [9.17, 15) is 13.2 Å². The van der Waals surface area contributed by atoms with Crippen molar-refractivity contribution in [2.45, 2.75) is 25.3 Å². The first-order valence-corrected chi connectivity index (χ1v) is 6.32. The highest BCUT2D eigenvalue weighted by Crippen LogP contribution is 2.29. The summed E-state index contributed by atoms with van der Waals surface area (Å²) in [6.07, 6.45) is -4.56. The standard InChI is InChI=1S/C9H10F3N5OS/c1-8(3-13-4-8)18-2-5-16-17-6(9(10,11)12)14-15-7(17)19-5/h13H,2-4H2,1H3. The first-order valence-electron chi connectivity index (χ1n) is 5.50. The summed E-state index contributed by atoms with van der Waals surface area (Å²) in [4.78, 5) is 0.114. The summed E-state index contributed by atoms with van der Waals surface area (Å²) >= 11 is 1.04. The first kappa shape index (κ1) is 12.8. The lowest BCUT2D eigenvalue weighted by molar-refractivity contribution is -0.146. The molecule has 0 radical (unpaired) electrons. The van der Waals surface area contributed by atoms with Gasteiger partial charge in [0.25, 0.3) is 5.82 Å². The fourth-order valence-corrected chi connectivity index (χ4v) is 2.45. The van der Waals surface area contributed by atoms with Crippen molar-refractivity contribution in [3.8, 4) is 0 Å². The topological polar surface area (TPSA) is 64.3 Å². The molecule has 0 amide bonds. The molecule has 0 aliphatic carbocycles. The molecule has 3 heterocycles. The maximum atomic E-state index is 12.6. The summed E-state index contributed by atoms with van der Waals surface area (Å²) in [5.41, 5.74) is -0.265. The average molecular weight is 293 g/mol. The van der Waals surface area contributed by atoms with Crippen LogP contribution in [0, 0.1) is 0 Å². The van der Waals surface area contributed by atoms with E-state index < -0.39 is 12.0 Å². The largest absolute Gasteiger partial charge is 0.453 e. The summed E-state index contributed by atoms with van der Waals surface area (Å²) in [6, 6.07) is 0. The second-order valence-corrected chi connectivity index (χ2v) is 5.59. The van der Waals surface area contributed by atoms with Crippen LogP contribution in [0.25, 0.3) is 4.96 Å². The fraction of sp³-hybridized carbons (Fsp3) is 0.667. The number of nitrogens with zero attached hydrogens (tertiary/aromatic N) is 4. The Labute approximate surface area is 109 Å². The number of rotatable bonds is 3. The zero-order chi connectivity index (χ0) is 13.7. The highest BCUT2D eigenvalue weighted by Gasteiger charge is 2.38. The minimum atomic E-state index is -4.56. The molecule has 1 aliphatic heterocycles. The molecule has 1 fully saturated rings. The molecule has 0 aromatic carbocycles. The summed E-state index contributed by atoms with van der Waals surface area (Å²) in [5, 5.41) is 13.9. The van der Waals surface area contributed by atoms with E-state index in [0.29, 0.717) is 9.52 Å². The molecule has 1 saturated heterocycles. The third-order valence-electron chi connectivity index (χ3n) is 2.83. The Morgan fingerprint density at radius 1 is 1.42 bits per heavy atom. The SMILES string of the molecule is CC1(OCc2nn3c(C(F)(F)F)nnc3s2)CNC1. The Morgan fingerprint density at radius 2 is 2.16 bits per heavy atom. The predicted molar refractivity (Wildman–Crippen MR) is 59.7 cm³/mol. The molecule has 0 saturated carbocycles. The predicted octanol–water partition coefficient (Wildman–Crippen LogP) is 1.08. The first-order chi connectivity index (χ1) is 8.87. The van der Waals surface area contributed by atoms with Crippen molar-refractivity contribution in [1.82, 2.24) is 25.1 Å². The molecule has 1 N–H and O–H groups in total. The van der Waals surface area contributed by atoms with E-state index >= 15 is 0 Å². The lowest BCUT2D eigenvalue weighted by atomic mass is 10.0. The number of hydrogen-bond acceptors (Lipinski definition) is 6. The third-order valence-corrected chi connectivity index (χ3v) is 3.70. The van der Waals surface area contributed by atoms with Crippen LogP contribution in [0.2, 0.25) is 0 Å². The molecular formula is C9H10F3N5OS. The quantitative estimate of drug-likeness (QED) is 0.917. The minimum Gasteiger partial charge on any atom is -0.365 e. The lowest BCUT2D eigenvalue weighted by Gasteiger charge is -2.38. The molecule has 104 valence electrons. The van der Waals surface area contributed by atoms with Crippen molar-refractivity contribution in [2.24, 2.45) is 0 Å². The average Bonchev–Trinajstić information content (AvgIpc) is 2.80. The number of aromatic nitrogens is 4. The van der Waals surface area contributed by atoms with E-state index in [1.54, 1.807) is 0 Å². The van der Waals surface area contributed by atoms with E-state index in [2.05, 4.69) is 20.6 Å². The van der Waals surface area contributed by atoms with Crippen LogP contribution >= 0.6 is 11.3 Å². The van der Waals surface area contributed by atoms with Crippen molar-refractivity contribution in [3.05, 3.63) is 10.8 Å². The highest BCUT2D eigenvalue weighted by molar-refractivity contribution is 7.16. The van der Waals surface area contributed by atoms with Gasteiger partial charge in [0.1, 0.15) is 11.6 Å². The van der Waals surface area contributed by atoms with Crippen LogP contribution in [0.4, 0.5) is 13.2 Å². The zero-order valence-electron chi connectivity index (χ0n) is 9.86. The number of fused-ring (bicyclic) bond motifs is 1. The van der Waals surface area contributed by atoms with Gasteiger partial charge in [-0.05, 0) is 6.92 Å². The lowest BCUT2D eigenvalue weighted by Crippen LogP contribution is -2.58. The van der Waals surface area contributed by atoms with Crippen LogP contribution in [-0.2, 0) is 17.5 Å². The highest BCUT2D eigenvalue weighted by atomic mass is 32.1. The third kappa shape index (κ3) is 2.30. The van der Waals surface area contributed by atoms with Gasteiger partial charge in [0.2, 0.25) is 4.96 Å². The molecule has 3 rings (SSSR count). The monoisotopic (exact) mass is 293 g/mol. The van der Waals surface area contributed by atoms with Crippen LogP contribution in [0.3, 0.4) is 0 Å². The van der Waals surface area contributed by atoms with Crippen molar-refractivity contribution >= 4 is 16.3 Å². The van der Waals surface area contributed by atoms with E-state index in [1.165, 1.54) is 0 Å². The van der Waals surface area contributed by atoms with Gasteiger partial charge in [-0.2, -0.15) is 22.8 Å². The molecule has 10 heteroatoms. The summed E-state index contributed by atoms with van der Waals surface area (Å²) in [6.45, 7) is 3.56. The second kappa shape index (κ2) is 4.12. The normalized spacial score (nSPS) is 18.7. The molecule has 0 unspecified atom stereocenters. The van der Waals surface area contributed by atoms with Gasteiger partial charge in [0.15, 0.2) is 0 Å². The van der Waals surface area contributed by atoms with E-state index in [4.69, 9.17) is 4.74 Å². The maximum absolute atomic E-state index is 12.6. The Kier molecular flexibility index (Phi) is 2.76. The van der Waals surface area contributed by atoms with Crippen LogP contribution in [0.5, 0.6) is 0 Å². The molecule has 2 aromatic rings. The van der Waals surface area contributed by atoms with Gasteiger partial charge in [0, 0.05) is 13.1 Å². The van der Waals surface area contributed by atoms with Crippen LogP contribution in [0.1, 0.15) is 17.8 Å². The number of nitrogens with one attached hydrogen (secondary N) is 1. The second-order valence-electron chi connectivity index (χ2n) is 4.55. The smallest absolute Gasteiger partial charge is 0.365 e. The van der Waals surface area contributed by atoms with Crippen molar-refractivity contribution in [3.63, 3.8) is 0 Å². The van der Waals surface area contributed by atoms with Crippen LogP contribution in [0.15, 0.2) is 0 Å². The summed E-state index contributed by atoms with van der Waals surface area (Å²) < 4.78 is 44.1. The van der Waals surface area contributed by atoms with Gasteiger partial charge in [-0.25, -0.2) is 0 Å². The van der Waals surface area contributed by atoms with Crippen molar-refractivity contribution < 1.29 is 17.9 Å². The van der Waals surface area contributed by atoms with Gasteiger partial charge in [-0.3, -0.25) is 0 Å². The maximum Gasteiger partial charge on any atom is 0.453 e.